The highest BCUT2D eigenvalue weighted by atomic mass is 32.1. The van der Waals surface area contributed by atoms with E-state index in [-0.39, 0.29) is 0 Å². The Morgan fingerprint density at radius 2 is 1.53 bits per heavy atom. The van der Waals surface area contributed by atoms with Gasteiger partial charge in [0.05, 0.1) is 0 Å². The van der Waals surface area contributed by atoms with Gasteiger partial charge in [0.25, 0.3) is 0 Å². The third-order valence-electron chi connectivity index (χ3n) is 5.92. The number of hydrogen-bond donors (Lipinski definition) is 2. The molecule has 1 atom stereocenters. The van der Waals surface area contributed by atoms with Crippen molar-refractivity contribution >= 4 is 23.3 Å². The molecule has 0 bridgehead atoms. The number of carboxylic acids is 2. The largest absolute Gasteiger partial charge is 0.490 e. The molecule has 1 aliphatic carbocycles. The maximum atomic E-state index is 10.6. The molecule has 0 radical (unpaired) electrons. The van der Waals surface area contributed by atoms with Crippen LogP contribution in [-0.2, 0) is 16.1 Å². The summed E-state index contributed by atoms with van der Waals surface area (Å²) in [5.41, 5.74) is 0.629. The van der Waals surface area contributed by atoms with Crippen LogP contribution in [0.1, 0.15) is 37.0 Å². The van der Waals surface area contributed by atoms with Gasteiger partial charge in [-0.3, -0.25) is 4.90 Å². The molecule has 1 aromatic heterocycles. The third-order valence-corrected chi connectivity index (χ3v) is 6.78. The molecule has 3 aliphatic rings. The van der Waals surface area contributed by atoms with Gasteiger partial charge < -0.3 is 15.1 Å². The zero-order valence-corrected chi connectivity index (χ0v) is 19.2. The van der Waals surface area contributed by atoms with Gasteiger partial charge in [0.15, 0.2) is 0 Å². The molecule has 194 valence electrons. The molecule has 6 nitrogen and oxygen atoms in total. The van der Waals surface area contributed by atoms with Gasteiger partial charge in [-0.2, -0.15) is 26.3 Å². The van der Waals surface area contributed by atoms with Gasteiger partial charge in [-0.05, 0) is 68.0 Å². The SMILES string of the molecule is O=C(O)C(F)(F)F.O=C(O)C(F)(F)F.c1csc(CN2CCC3(CCCN(CC4CC4)C3)C2)c1. The number of piperidine rings is 1. The van der Waals surface area contributed by atoms with Crippen LogP contribution in [0.2, 0.25) is 0 Å². The zero-order valence-electron chi connectivity index (χ0n) is 18.4. The van der Waals surface area contributed by atoms with Crippen LogP contribution in [0.4, 0.5) is 26.3 Å². The molecule has 13 heteroatoms. The number of carbonyl (C=O) groups is 2. The number of halogens is 6. The van der Waals surface area contributed by atoms with E-state index in [0.29, 0.717) is 5.41 Å². The van der Waals surface area contributed by atoms with Gasteiger partial charge in [0.1, 0.15) is 0 Å². The summed E-state index contributed by atoms with van der Waals surface area (Å²) in [7, 11) is 0. The van der Waals surface area contributed by atoms with Crippen LogP contribution in [0.3, 0.4) is 0 Å². The Morgan fingerprint density at radius 1 is 0.971 bits per heavy atom. The van der Waals surface area contributed by atoms with E-state index in [1.165, 1.54) is 76.2 Å². The number of nitrogens with zero attached hydrogens (tertiary/aromatic N) is 2. The molecule has 2 N–H and O–H groups in total. The van der Waals surface area contributed by atoms with Crippen LogP contribution in [0.25, 0.3) is 0 Å². The van der Waals surface area contributed by atoms with Gasteiger partial charge in [0, 0.05) is 31.1 Å². The molecule has 1 unspecified atom stereocenters. The molecule has 3 fully saturated rings. The van der Waals surface area contributed by atoms with Crippen LogP contribution >= 0.6 is 11.3 Å². The summed E-state index contributed by atoms with van der Waals surface area (Å²) >= 11 is 1.91. The van der Waals surface area contributed by atoms with Gasteiger partial charge in [0.2, 0.25) is 0 Å². The summed E-state index contributed by atoms with van der Waals surface area (Å²) in [6.07, 6.45) is -2.85. The monoisotopic (exact) mass is 518 g/mol. The fraction of sp³-hybridized carbons (Fsp3) is 0.714. The first-order chi connectivity index (χ1) is 15.7. The number of carboxylic acid groups (broad SMARTS) is 2. The number of hydrogen-bond acceptors (Lipinski definition) is 5. The summed E-state index contributed by atoms with van der Waals surface area (Å²) in [6, 6.07) is 4.47. The van der Waals surface area contributed by atoms with E-state index >= 15 is 0 Å². The van der Waals surface area contributed by atoms with E-state index in [0.717, 1.165) is 5.92 Å². The quantitative estimate of drug-likeness (QED) is 0.562. The Balaban J connectivity index is 0.000000244. The average Bonchev–Trinajstić information content (AvgIpc) is 3.22. The van der Waals surface area contributed by atoms with Crippen molar-refractivity contribution in [3.05, 3.63) is 22.4 Å². The van der Waals surface area contributed by atoms with Crippen LogP contribution in [0, 0.1) is 11.3 Å². The van der Waals surface area contributed by atoms with Crippen molar-refractivity contribution < 1.29 is 46.1 Å². The molecular weight excluding hydrogens is 490 g/mol. The van der Waals surface area contributed by atoms with Crippen molar-refractivity contribution in [2.75, 3.05) is 32.7 Å². The van der Waals surface area contributed by atoms with Gasteiger partial charge in [-0.15, -0.1) is 11.3 Å². The van der Waals surface area contributed by atoms with Crippen molar-refractivity contribution in [3.63, 3.8) is 0 Å². The van der Waals surface area contributed by atoms with Gasteiger partial charge in [-0.1, -0.05) is 6.07 Å². The Kier molecular flexibility index (Phi) is 9.78. The fourth-order valence-corrected chi connectivity index (χ4v) is 5.00. The maximum Gasteiger partial charge on any atom is 0.490 e. The Labute approximate surface area is 197 Å². The second-order valence-electron chi connectivity index (χ2n) is 8.93. The lowest BCUT2D eigenvalue weighted by molar-refractivity contribution is -0.193. The van der Waals surface area contributed by atoms with E-state index < -0.39 is 24.3 Å². The van der Waals surface area contributed by atoms with Crippen LogP contribution in [-0.4, -0.2) is 77.0 Å². The number of rotatable bonds is 4. The summed E-state index contributed by atoms with van der Waals surface area (Å²) in [6.45, 7) is 7.98. The lowest BCUT2D eigenvalue weighted by Gasteiger charge is -2.40. The number of likely N-dealkylation sites (tertiary alicyclic amines) is 2. The van der Waals surface area contributed by atoms with Crippen LogP contribution < -0.4 is 0 Å². The number of thiophene rings is 1. The van der Waals surface area contributed by atoms with Crippen molar-refractivity contribution in [2.45, 2.75) is 51.0 Å². The molecule has 4 rings (SSSR count). The predicted octanol–water partition coefficient (Wildman–Crippen LogP) is 4.71. The molecule has 3 heterocycles. The lowest BCUT2D eigenvalue weighted by atomic mass is 9.79. The van der Waals surface area contributed by atoms with E-state index in [1.807, 2.05) is 11.3 Å². The number of aliphatic carboxylic acids is 2. The zero-order chi connectivity index (χ0) is 25.6. The highest BCUT2D eigenvalue weighted by molar-refractivity contribution is 7.09. The van der Waals surface area contributed by atoms with Crippen molar-refractivity contribution in [1.82, 2.24) is 9.80 Å². The first kappa shape index (κ1) is 28.4. The standard InChI is InChI=1S/C17H26N2S.2C2HF3O2/c1-3-16(20-10-1)12-19-9-7-17(14-19)6-2-8-18(13-17)11-15-4-5-15;2*3-2(4,5)1(6)7/h1,3,10,15H,2,4-9,11-14H2;2*(H,6,7). The van der Waals surface area contributed by atoms with Crippen molar-refractivity contribution in [1.29, 1.82) is 0 Å². The minimum absolute atomic E-state index is 0.629. The van der Waals surface area contributed by atoms with E-state index in [1.54, 1.807) is 0 Å². The van der Waals surface area contributed by atoms with E-state index in [4.69, 9.17) is 19.8 Å². The molecule has 1 spiro atoms. The lowest BCUT2D eigenvalue weighted by Crippen LogP contribution is -2.45. The Morgan fingerprint density at radius 3 is 2.00 bits per heavy atom. The van der Waals surface area contributed by atoms with Gasteiger partial charge >= 0.3 is 24.3 Å². The molecule has 1 saturated carbocycles. The van der Waals surface area contributed by atoms with E-state index in [2.05, 4.69) is 27.3 Å². The summed E-state index contributed by atoms with van der Waals surface area (Å²) in [5, 5.41) is 16.5. The second-order valence-corrected chi connectivity index (χ2v) is 9.96. The van der Waals surface area contributed by atoms with E-state index in [9.17, 15) is 26.3 Å². The van der Waals surface area contributed by atoms with Crippen molar-refractivity contribution in [2.24, 2.45) is 11.3 Å². The molecule has 1 aromatic rings. The first-order valence-corrected chi connectivity index (χ1v) is 11.7. The molecule has 0 aromatic carbocycles. The molecule has 2 aliphatic heterocycles. The summed E-state index contributed by atoms with van der Waals surface area (Å²) in [5.74, 6) is -4.46. The first-order valence-electron chi connectivity index (χ1n) is 10.8. The average molecular weight is 519 g/mol. The van der Waals surface area contributed by atoms with Crippen molar-refractivity contribution in [3.8, 4) is 0 Å². The fourth-order valence-electron chi connectivity index (χ4n) is 4.25. The minimum atomic E-state index is -5.08. The summed E-state index contributed by atoms with van der Waals surface area (Å²) in [4.78, 5) is 24.8. The molecule has 2 saturated heterocycles. The highest BCUT2D eigenvalue weighted by Crippen LogP contribution is 2.41. The molecule has 0 amide bonds. The highest BCUT2D eigenvalue weighted by Gasteiger charge is 2.42. The predicted molar refractivity (Wildman–Crippen MR) is 112 cm³/mol. The Hall–Kier alpha value is -1.86. The molecular formula is C21H28F6N2O4S. The smallest absolute Gasteiger partial charge is 0.475 e. The van der Waals surface area contributed by atoms with Crippen LogP contribution in [0.5, 0.6) is 0 Å². The maximum absolute atomic E-state index is 10.6. The minimum Gasteiger partial charge on any atom is -0.475 e. The van der Waals surface area contributed by atoms with Crippen LogP contribution in [0.15, 0.2) is 17.5 Å². The number of alkyl halides is 6. The summed E-state index contributed by atoms with van der Waals surface area (Å²) < 4.78 is 63.5. The molecule has 34 heavy (non-hydrogen) atoms. The normalized spacial score (nSPS) is 23.6. The Bertz CT molecular complexity index is 774. The van der Waals surface area contributed by atoms with Gasteiger partial charge in [-0.25, -0.2) is 9.59 Å². The second kappa shape index (κ2) is 11.7. The third kappa shape index (κ3) is 9.79. The topological polar surface area (TPSA) is 81.1 Å².